The van der Waals surface area contributed by atoms with E-state index in [2.05, 4.69) is 16.8 Å². The van der Waals surface area contributed by atoms with Crippen LogP contribution in [0.25, 0.3) is 10.9 Å². The molecule has 0 unspecified atom stereocenters. The van der Waals surface area contributed by atoms with Crippen molar-refractivity contribution in [3.05, 3.63) is 69.5 Å². The highest BCUT2D eigenvalue weighted by Gasteiger charge is 2.40. The number of hydrogen-bond acceptors (Lipinski definition) is 4. The van der Waals surface area contributed by atoms with E-state index in [4.69, 9.17) is 9.72 Å². The van der Waals surface area contributed by atoms with Crippen LogP contribution >= 0.6 is 0 Å². The van der Waals surface area contributed by atoms with Crippen LogP contribution in [-0.4, -0.2) is 27.7 Å². The van der Waals surface area contributed by atoms with Crippen LogP contribution in [0.5, 0.6) is 0 Å². The Kier molecular flexibility index (Phi) is 4.03. The topological polar surface area (TPSA) is 57.0 Å². The zero-order valence-electron chi connectivity index (χ0n) is 15.9. The van der Waals surface area contributed by atoms with Crippen molar-refractivity contribution in [2.75, 3.05) is 13.2 Å². The fraction of sp³-hybridized carbons (Fsp3) is 0.348. The van der Waals surface area contributed by atoms with Crippen LogP contribution in [0, 0.1) is 24.2 Å². The lowest BCUT2D eigenvalue weighted by atomic mass is 9.81. The Bertz CT molecular complexity index is 1180. The highest BCUT2D eigenvalue weighted by Crippen LogP contribution is 2.37. The molecule has 4 heterocycles. The maximum atomic E-state index is 13.2. The molecule has 5 heteroatoms. The van der Waals surface area contributed by atoms with Crippen LogP contribution in [0.3, 0.4) is 0 Å². The Hall–Kier alpha value is -2.97. The largest absolute Gasteiger partial charge is 0.380 e. The quantitative estimate of drug-likeness (QED) is 0.570. The summed E-state index contributed by atoms with van der Waals surface area (Å²) in [7, 11) is 0. The molecule has 0 radical (unpaired) electrons. The minimum atomic E-state index is 0.0560. The second-order valence-electron chi connectivity index (χ2n) is 7.91. The van der Waals surface area contributed by atoms with E-state index in [-0.39, 0.29) is 11.0 Å². The summed E-state index contributed by atoms with van der Waals surface area (Å²) in [6.45, 7) is 4.19. The molecule has 0 aliphatic carbocycles. The predicted octanol–water partition coefficient (Wildman–Crippen LogP) is 2.85. The molecule has 1 aromatic carbocycles. The van der Waals surface area contributed by atoms with Gasteiger partial charge in [-0.1, -0.05) is 12.0 Å². The average molecular weight is 371 g/mol. The van der Waals surface area contributed by atoms with Crippen LogP contribution in [0.2, 0.25) is 0 Å². The Labute approximate surface area is 163 Å². The monoisotopic (exact) mass is 371 g/mol. The average Bonchev–Trinajstić information content (AvgIpc) is 2.88. The molecule has 2 aromatic heterocycles. The Morgan fingerprint density at radius 1 is 1.21 bits per heavy atom. The summed E-state index contributed by atoms with van der Waals surface area (Å²) in [5, 5.41) is 0.668. The lowest BCUT2D eigenvalue weighted by molar-refractivity contribution is -0.125. The van der Waals surface area contributed by atoms with Crippen molar-refractivity contribution in [1.29, 1.82) is 0 Å². The van der Waals surface area contributed by atoms with Crippen molar-refractivity contribution < 1.29 is 4.74 Å². The molecule has 2 aliphatic rings. The Morgan fingerprint density at radius 2 is 2.11 bits per heavy atom. The van der Waals surface area contributed by atoms with Gasteiger partial charge in [-0.25, -0.2) is 9.97 Å². The van der Waals surface area contributed by atoms with Crippen molar-refractivity contribution in [3.63, 3.8) is 0 Å². The highest BCUT2D eigenvalue weighted by atomic mass is 16.5. The molecule has 28 heavy (non-hydrogen) atoms. The van der Waals surface area contributed by atoms with E-state index >= 15 is 0 Å². The van der Waals surface area contributed by atoms with Crippen molar-refractivity contribution in [2.24, 2.45) is 5.41 Å². The summed E-state index contributed by atoms with van der Waals surface area (Å²) in [4.78, 5) is 22.3. The van der Waals surface area contributed by atoms with Crippen molar-refractivity contribution in [3.8, 4) is 11.8 Å². The minimum Gasteiger partial charge on any atom is -0.380 e. The molecule has 3 aromatic rings. The van der Waals surface area contributed by atoms with Crippen LogP contribution in [0.1, 0.15) is 35.5 Å². The molecule has 0 bridgehead atoms. The maximum absolute atomic E-state index is 13.2. The van der Waals surface area contributed by atoms with Gasteiger partial charge in [0, 0.05) is 30.1 Å². The molecule has 0 amide bonds. The molecular weight excluding hydrogens is 350 g/mol. The van der Waals surface area contributed by atoms with Gasteiger partial charge in [0.2, 0.25) is 0 Å². The maximum Gasteiger partial charge on any atom is 0.261 e. The van der Waals surface area contributed by atoms with E-state index in [1.165, 1.54) is 0 Å². The van der Waals surface area contributed by atoms with Crippen molar-refractivity contribution in [1.82, 2.24) is 14.5 Å². The van der Waals surface area contributed by atoms with Gasteiger partial charge in [0.25, 0.3) is 5.56 Å². The van der Waals surface area contributed by atoms with Gasteiger partial charge in [-0.2, -0.15) is 0 Å². The van der Waals surface area contributed by atoms with Gasteiger partial charge in [0.1, 0.15) is 11.5 Å². The third kappa shape index (κ3) is 2.90. The van der Waals surface area contributed by atoms with Crippen LogP contribution in [0.15, 0.2) is 41.3 Å². The number of aromatic nitrogens is 3. The smallest absolute Gasteiger partial charge is 0.261 e. The van der Waals surface area contributed by atoms with Crippen molar-refractivity contribution in [2.45, 2.75) is 32.7 Å². The highest BCUT2D eigenvalue weighted by molar-refractivity contribution is 5.80. The zero-order valence-corrected chi connectivity index (χ0v) is 15.9. The van der Waals surface area contributed by atoms with E-state index in [1.54, 1.807) is 6.20 Å². The van der Waals surface area contributed by atoms with Gasteiger partial charge < -0.3 is 4.74 Å². The van der Waals surface area contributed by atoms with Crippen LogP contribution in [0.4, 0.5) is 0 Å². The van der Waals surface area contributed by atoms with E-state index < -0.39 is 0 Å². The number of rotatable bonds is 0. The van der Waals surface area contributed by atoms with E-state index in [1.807, 2.05) is 41.8 Å². The summed E-state index contributed by atoms with van der Waals surface area (Å²) >= 11 is 0. The summed E-state index contributed by atoms with van der Waals surface area (Å²) in [5.74, 6) is 7.16. The normalized spacial score (nSPS) is 17.3. The van der Waals surface area contributed by atoms with Gasteiger partial charge in [0.15, 0.2) is 0 Å². The van der Waals surface area contributed by atoms with Crippen LogP contribution < -0.4 is 5.56 Å². The number of pyridine rings is 1. The second-order valence-corrected chi connectivity index (χ2v) is 7.91. The van der Waals surface area contributed by atoms with E-state index in [9.17, 15) is 4.79 Å². The van der Waals surface area contributed by atoms with Gasteiger partial charge in [-0.15, -0.1) is 0 Å². The molecule has 5 nitrogen and oxygen atoms in total. The number of ether oxygens (including phenoxy) is 1. The number of aryl methyl sites for hydroxylation is 2. The number of nitrogens with zero attached hydrogens (tertiary/aromatic N) is 3. The molecule has 2 aliphatic heterocycles. The SMILES string of the molecule is Cc1cc2c(=O)n3c(nc2cc1C#Cc1ccccn1)CCCC1(COC1)C3. The molecule has 5 rings (SSSR count). The van der Waals surface area contributed by atoms with Crippen molar-refractivity contribution >= 4 is 10.9 Å². The van der Waals surface area contributed by atoms with Gasteiger partial charge in [-0.3, -0.25) is 9.36 Å². The van der Waals surface area contributed by atoms with Crippen LogP contribution in [-0.2, 0) is 17.7 Å². The molecule has 140 valence electrons. The zero-order chi connectivity index (χ0) is 19.1. The Morgan fingerprint density at radius 3 is 2.86 bits per heavy atom. The number of benzene rings is 1. The first-order chi connectivity index (χ1) is 13.6. The summed E-state index contributed by atoms with van der Waals surface area (Å²) in [5.41, 5.74) is 3.49. The fourth-order valence-corrected chi connectivity index (χ4v) is 4.14. The second kappa shape index (κ2) is 6.57. The first kappa shape index (κ1) is 17.2. The first-order valence-electron chi connectivity index (χ1n) is 9.69. The number of fused-ring (bicyclic) bond motifs is 2. The summed E-state index contributed by atoms with van der Waals surface area (Å²) < 4.78 is 7.34. The standard InChI is InChI=1S/C23H21N3O2/c1-16-11-19-20(12-17(16)7-8-18-5-2-3-10-24-18)25-21-6-4-9-23(14-28-15-23)13-26(21)22(19)27/h2-3,5,10-12H,4,6,9,13-15H2,1H3. The van der Waals surface area contributed by atoms with E-state index in [0.29, 0.717) is 11.9 Å². The Balaban J connectivity index is 1.61. The molecule has 1 saturated heterocycles. The third-order valence-electron chi connectivity index (χ3n) is 5.79. The lowest BCUT2D eigenvalue weighted by Gasteiger charge is -2.41. The molecule has 0 N–H and O–H groups in total. The third-order valence-corrected chi connectivity index (χ3v) is 5.79. The minimum absolute atomic E-state index is 0.0560. The lowest BCUT2D eigenvalue weighted by Crippen LogP contribution is -2.47. The van der Waals surface area contributed by atoms with E-state index in [0.717, 1.165) is 60.6 Å². The molecular formula is C23H21N3O2. The molecule has 1 fully saturated rings. The predicted molar refractivity (Wildman–Crippen MR) is 107 cm³/mol. The molecule has 0 atom stereocenters. The summed E-state index contributed by atoms with van der Waals surface area (Å²) in [6.07, 6.45) is 4.69. The summed E-state index contributed by atoms with van der Waals surface area (Å²) in [6, 6.07) is 9.54. The molecule has 1 spiro atoms. The van der Waals surface area contributed by atoms with Gasteiger partial charge >= 0.3 is 0 Å². The van der Waals surface area contributed by atoms with Gasteiger partial charge in [0.05, 0.1) is 24.1 Å². The fourth-order valence-electron chi connectivity index (χ4n) is 4.14. The van der Waals surface area contributed by atoms with Gasteiger partial charge in [-0.05, 0) is 55.5 Å². The molecule has 0 saturated carbocycles. The first-order valence-corrected chi connectivity index (χ1v) is 9.69. The number of hydrogen-bond donors (Lipinski definition) is 0.